The quantitative estimate of drug-likeness (QED) is 0.180. The summed E-state index contributed by atoms with van der Waals surface area (Å²) in [5, 5.41) is 25.4. The zero-order chi connectivity index (χ0) is 32.9. The Morgan fingerprint density at radius 1 is 0.818 bits per heavy atom. The first-order valence-electron chi connectivity index (χ1n) is 14.1. The third kappa shape index (κ3) is 13.5. The van der Waals surface area contributed by atoms with Crippen molar-refractivity contribution in [3.63, 3.8) is 0 Å². The molecule has 1 amide bonds. The topological polar surface area (TPSA) is 183 Å². The van der Waals surface area contributed by atoms with E-state index in [0.717, 1.165) is 23.9 Å². The first-order valence-corrected chi connectivity index (χ1v) is 14.1. The van der Waals surface area contributed by atoms with Crippen LogP contribution in [0.1, 0.15) is 73.5 Å². The number of nitrogens with zero attached hydrogens (tertiary/aromatic N) is 1. The molecule has 2 rings (SSSR count). The summed E-state index contributed by atoms with van der Waals surface area (Å²) in [5.74, 6) is -2.23. The highest BCUT2D eigenvalue weighted by Gasteiger charge is 2.27. The molecule has 2 aromatic rings. The van der Waals surface area contributed by atoms with Gasteiger partial charge in [-0.2, -0.15) is 0 Å². The molecule has 1 aromatic heterocycles. The summed E-state index contributed by atoms with van der Waals surface area (Å²) in [7, 11) is 0. The molecule has 44 heavy (non-hydrogen) atoms. The molecule has 2 unspecified atom stereocenters. The summed E-state index contributed by atoms with van der Waals surface area (Å²) in [6.45, 7) is 10.4. The zero-order valence-corrected chi connectivity index (χ0v) is 26.0. The predicted molar refractivity (Wildman–Crippen MR) is 158 cm³/mol. The molecule has 0 aliphatic rings. The number of benzene rings is 1. The number of pyridine rings is 1. The Morgan fingerprint density at radius 2 is 1.41 bits per heavy atom. The van der Waals surface area contributed by atoms with E-state index in [1.165, 1.54) is 12.1 Å². The highest BCUT2D eigenvalue weighted by molar-refractivity contribution is 5.91. The van der Waals surface area contributed by atoms with Gasteiger partial charge in [-0.25, -0.2) is 19.4 Å². The second-order valence-corrected chi connectivity index (χ2v) is 12.1. The minimum atomic E-state index is -1.28. The molecule has 0 aliphatic carbocycles. The van der Waals surface area contributed by atoms with Gasteiger partial charge in [0.05, 0.1) is 17.6 Å². The molecular formula is C31H43N3O10. The average Bonchev–Trinajstić information content (AvgIpc) is 2.98. The Morgan fingerprint density at radius 3 is 1.95 bits per heavy atom. The van der Waals surface area contributed by atoms with Gasteiger partial charge in [0, 0.05) is 24.8 Å². The van der Waals surface area contributed by atoms with Gasteiger partial charge in [0.2, 0.25) is 0 Å². The maximum Gasteiger partial charge on any atom is 0.407 e. The number of aliphatic hydroxyl groups excluding tert-OH is 2. The summed E-state index contributed by atoms with van der Waals surface area (Å²) in [6.07, 6.45) is -1.96. The molecule has 1 aromatic carbocycles. The lowest BCUT2D eigenvalue weighted by atomic mass is 9.97. The van der Waals surface area contributed by atoms with Gasteiger partial charge in [0.25, 0.3) is 0 Å². The van der Waals surface area contributed by atoms with Crippen LogP contribution in [0.4, 0.5) is 4.79 Å². The molecule has 242 valence electrons. The van der Waals surface area contributed by atoms with Crippen LogP contribution >= 0.6 is 0 Å². The maximum absolute atomic E-state index is 12.3. The molecule has 13 heteroatoms. The minimum absolute atomic E-state index is 0.00728. The van der Waals surface area contributed by atoms with E-state index in [1.807, 2.05) is 24.3 Å². The normalized spacial score (nSPS) is 12.9. The van der Waals surface area contributed by atoms with Gasteiger partial charge in [-0.3, -0.25) is 4.79 Å². The number of hydrogen-bond acceptors (Lipinski definition) is 12. The van der Waals surface area contributed by atoms with E-state index >= 15 is 0 Å². The molecule has 13 nitrogen and oxygen atoms in total. The summed E-state index contributed by atoms with van der Waals surface area (Å²) >= 11 is 0. The van der Waals surface area contributed by atoms with Crippen LogP contribution in [-0.2, 0) is 36.8 Å². The van der Waals surface area contributed by atoms with Crippen molar-refractivity contribution in [2.24, 2.45) is 5.41 Å². The van der Waals surface area contributed by atoms with Crippen molar-refractivity contribution in [1.82, 2.24) is 15.6 Å². The Balaban J connectivity index is 1.70. The molecular weight excluding hydrogens is 574 g/mol. The van der Waals surface area contributed by atoms with E-state index in [2.05, 4.69) is 36.4 Å². The lowest BCUT2D eigenvalue weighted by molar-refractivity contribution is -0.163. The van der Waals surface area contributed by atoms with Crippen LogP contribution in [0.2, 0.25) is 0 Å². The summed E-state index contributed by atoms with van der Waals surface area (Å²) in [6, 6.07) is 10.2. The number of esters is 3. The van der Waals surface area contributed by atoms with E-state index in [0.29, 0.717) is 0 Å². The molecule has 2 atom stereocenters. The molecule has 0 spiro atoms. The number of aromatic nitrogens is 1. The lowest BCUT2D eigenvalue weighted by Crippen LogP contribution is -2.35. The highest BCUT2D eigenvalue weighted by Crippen LogP contribution is 2.17. The number of carbonyl (C=O) groups excluding carboxylic acids is 4. The minimum Gasteiger partial charge on any atom is -0.458 e. The fraction of sp³-hybridized carbons (Fsp3) is 0.516. The van der Waals surface area contributed by atoms with Crippen LogP contribution in [0.25, 0.3) is 0 Å². The molecule has 4 N–H and O–H groups in total. The van der Waals surface area contributed by atoms with E-state index in [9.17, 15) is 29.4 Å². The fourth-order valence-electron chi connectivity index (χ4n) is 3.17. The van der Waals surface area contributed by atoms with Gasteiger partial charge in [-0.1, -0.05) is 24.3 Å². The number of rotatable bonds is 14. The summed E-state index contributed by atoms with van der Waals surface area (Å²) in [4.78, 5) is 52.4. The second kappa shape index (κ2) is 16.7. The monoisotopic (exact) mass is 617 g/mol. The molecule has 0 fully saturated rings. The molecule has 1 heterocycles. The number of aliphatic hydroxyl groups is 2. The van der Waals surface area contributed by atoms with Crippen molar-refractivity contribution in [2.45, 2.75) is 72.4 Å². The van der Waals surface area contributed by atoms with Gasteiger partial charge in [0.1, 0.15) is 31.6 Å². The van der Waals surface area contributed by atoms with Gasteiger partial charge in [0.15, 0.2) is 6.10 Å². The summed E-state index contributed by atoms with van der Waals surface area (Å²) < 4.78 is 20.2. The number of ether oxygens (including phenoxy) is 4. The number of nitrogens with one attached hydrogen (secondary N) is 2. The van der Waals surface area contributed by atoms with Crippen LogP contribution in [0.5, 0.6) is 0 Å². The van der Waals surface area contributed by atoms with Crippen molar-refractivity contribution in [3.8, 4) is 0 Å². The number of amides is 1. The van der Waals surface area contributed by atoms with Gasteiger partial charge in [-0.05, 0) is 64.8 Å². The fourth-order valence-corrected chi connectivity index (χ4v) is 3.17. The van der Waals surface area contributed by atoms with Crippen molar-refractivity contribution >= 4 is 24.0 Å². The number of carbonyl (C=O) groups is 4. The van der Waals surface area contributed by atoms with Crippen LogP contribution in [0.15, 0.2) is 42.6 Å². The lowest BCUT2D eigenvalue weighted by Gasteiger charge is -2.21. The SMILES string of the molecule is CC(C)(C)NCc1ccc(CNC(=O)OCC(O)COC(=O)c2ccc(C(=O)OCC(CO)OC(=O)C(C)(C)C)cn2)cc1. The van der Waals surface area contributed by atoms with Crippen LogP contribution < -0.4 is 10.6 Å². The number of hydrogen-bond donors (Lipinski definition) is 4. The van der Waals surface area contributed by atoms with E-state index in [-0.39, 0.29) is 29.9 Å². The van der Waals surface area contributed by atoms with E-state index in [4.69, 9.17) is 18.9 Å². The Hall–Kier alpha value is -4.07. The third-order valence-corrected chi connectivity index (χ3v) is 5.79. The van der Waals surface area contributed by atoms with Crippen LogP contribution in [0, 0.1) is 5.41 Å². The predicted octanol–water partition coefficient (Wildman–Crippen LogP) is 2.52. The second-order valence-electron chi connectivity index (χ2n) is 12.1. The first kappa shape index (κ1) is 36.1. The van der Waals surface area contributed by atoms with Crippen molar-refractivity contribution in [3.05, 3.63) is 65.0 Å². The average molecular weight is 618 g/mol. The molecule has 0 saturated heterocycles. The number of alkyl carbamates (subject to hydrolysis) is 1. The highest BCUT2D eigenvalue weighted by atomic mass is 16.6. The van der Waals surface area contributed by atoms with Gasteiger partial charge in [-0.15, -0.1) is 0 Å². The first-order chi connectivity index (χ1) is 20.6. The Bertz CT molecular complexity index is 1240. The van der Waals surface area contributed by atoms with Crippen molar-refractivity contribution < 1.29 is 48.3 Å². The third-order valence-electron chi connectivity index (χ3n) is 5.79. The smallest absolute Gasteiger partial charge is 0.407 e. The van der Waals surface area contributed by atoms with Crippen LogP contribution in [-0.4, -0.2) is 83.4 Å². The van der Waals surface area contributed by atoms with Crippen molar-refractivity contribution in [1.29, 1.82) is 0 Å². The van der Waals surface area contributed by atoms with Gasteiger partial charge >= 0.3 is 24.0 Å². The molecule has 0 saturated carbocycles. The van der Waals surface area contributed by atoms with Gasteiger partial charge < -0.3 is 39.8 Å². The maximum atomic E-state index is 12.3. The standard InChI is InChI=1S/C31H43N3O10/c1-30(2,3)28(39)44-24(16-35)19-42-26(37)22-11-12-25(32-15-22)27(38)41-17-23(36)18-43-29(40)33-13-20-7-9-21(10-8-20)14-34-31(4,5)6/h7-12,15,23-24,34-36H,13-14,16-19H2,1-6H3,(H,33,40). The Labute approximate surface area is 257 Å². The zero-order valence-electron chi connectivity index (χ0n) is 26.0. The Kier molecular flexibility index (Phi) is 13.7. The molecule has 0 aliphatic heterocycles. The van der Waals surface area contributed by atoms with Crippen LogP contribution in [0.3, 0.4) is 0 Å². The summed E-state index contributed by atoms with van der Waals surface area (Å²) in [5.41, 5.74) is 1.07. The molecule has 0 bridgehead atoms. The van der Waals surface area contributed by atoms with E-state index < -0.39 is 61.4 Å². The van der Waals surface area contributed by atoms with Crippen molar-refractivity contribution in [2.75, 3.05) is 26.4 Å². The largest absolute Gasteiger partial charge is 0.458 e. The van der Waals surface area contributed by atoms with E-state index in [1.54, 1.807) is 20.8 Å². The molecule has 0 radical (unpaired) electrons.